The monoisotopic (exact) mass is 427 g/mol. The van der Waals surface area contributed by atoms with Gasteiger partial charge in [0.1, 0.15) is 11.9 Å². The Morgan fingerprint density at radius 3 is 2.90 bits per heavy atom. The summed E-state index contributed by atoms with van der Waals surface area (Å²) in [7, 11) is 0. The number of carbonyl (C=O) groups excluding carboxylic acids is 1. The average molecular weight is 428 g/mol. The normalized spacial score (nSPS) is 20.8. The summed E-state index contributed by atoms with van der Waals surface area (Å²) < 4.78 is 7.73. The predicted molar refractivity (Wildman–Crippen MR) is 112 cm³/mol. The number of rotatable bonds is 4. The van der Waals surface area contributed by atoms with E-state index in [1.807, 2.05) is 11.8 Å². The highest BCUT2D eigenvalue weighted by Crippen LogP contribution is 2.34. The molecule has 2 aromatic heterocycles. The fourth-order valence-corrected chi connectivity index (χ4v) is 5.68. The van der Waals surface area contributed by atoms with Crippen LogP contribution in [0.4, 0.5) is 0 Å². The van der Waals surface area contributed by atoms with Crippen LogP contribution in [0.15, 0.2) is 22.2 Å². The topological polar surface area (TPSA) is 90.2 Å². The minimum absolute atomic E-state index is 0.0560. The molecule has 4 heterocycles. The van der Waals surface area contributed by atoms with Gasteiger partial charge >= 0.3 is 0 Å². The number of aryl methyl sites for hydroxylation is 2. The van der Waals surface area contributed by atoms with Crippen molar-refractivity contribution < 1.29 is 9.53 Å². The number of amides is 1. The van der Waals surface area contributed by atoms with E-state index >= 15 is 0 Å². The van der Waals surface area contributed by atoms with Gasteiger partial charge in [-0.3, -0.25) is 14.2 Å². The van der Waals surface area contributed by atoms with Crippen molar-refractivity contribution in [3.8, 4) is 5.88 Å². The van der Waals surface area contributed by atoms with Gasteiger partial charge in [-0.15, -0.1) is 0 Å². The molecule has 2 aromatic rings. The summed E-state index contributed by atoms with van der Waals surface area (Å²) in [6.07, 6.45) is 6.37. The zero-order chi connectivity index (χ0) is 20.7. The molecule has 5 rings (SSSR count). The lowest BCUT2D eigenvalue weighted by atomic mass is 10.1. The van der Waals surface area contributed by atoms with Gasteiger partial charge in [0.25, 0.3) is 5.56 Å². The quantitative estimate of drug-likeness (QED) is 0.689. The summed E-state index contributed by atoms with van der Waals surface area (Å²) >= 11 is 1.60. The number of ether oxygens (including phenoxy) is 1. The van der Waals surface area contributed by atoms with Crippen LogP contribution in [0.3, 0.4) is 0 Å². The standard InChI is InChI=1S/C21H25N5O3S/c1-13-22-8-5-18(23-13)29-15-6-9-25(10-7-15)19(27)11-14-12-30-21-24-17-4-2-3-16(17)20(28)26(14)21/h5,8,14-15H,2-4,6-7,9-12H2,1H3. The minimum Gasteiger partial charge on any atom is -0.474 e. The summed E-state index contributed by atoms with van der Waals surface area (Å²) in [4.78, 5) is 40.8. The summed E-state index contributed by atoms with van der Waals surface area (Å²) in [6, 6.07) is 1.67. The largest absolute Gasteiger partial charge is 0.474 e. The molecule has 1 unspecified atom stereocenters. The summed E-state index contributed by atoms with van der Waals surface area (Å²) in [5.74, 6) is 2.12. The Morgan fingerprint density at radius 1 is 1.27 bits per heavy atom. The van der Waals surface area contributed by atoms with Crippen LogP contribution >= 0.6 is 11.8 Å². The summed E-state index contributed by atoms with van der Waals surface area (Å²) in [5, 5.41) is 0.783. The van der Waals surface area contributed by atoms with Crippen LogP contribution in [0, 0.1) is 6.92 Å². The number of nitrogens with zero attached hydrogens (tertiary/aromatic N) is 5. The van der Waals surface area contributed by atoms with E-state index in [2.05, 4.69) is 9.97 Å². The van der Waals surface area contributed by atoms with E-state index in [0.29, 0.717) is 31.2 Å². The van der Waals surface area contributed by atoms with Crippen molar-refractivity contribution in [3.63, 3.8) is 0 Å². The van der Waals surface area contributed by atoms with Crippen molar-refractivity contribution in [2.45, 2.75) is 62.8 Å². The fourth-order valence-electron chi connectivity index (χ4n) is 4.53. The highest BCUT2D eigenvalue weighted by molar-refractivity contribution is 7.99. The molecule has 0 spiro atoms. The third kappa shape index (κ3) is 3.71. The number of carbonyl (C=O) groups is 1. The smallest absolute Gasteiger partial charge is 0.257 e. The second-order valence-corrected chi connectivity index (χ2v) is 9.14. The molecule has 1 amide bonds. The van der Waals surface area contributed by atoms with E-state index in [-0.39, 0.29) is 23.6 Å². The first-order valence-electron chi connectivity index (χ1n) is 10.6. The molecule has 8 nitrogen and oxygen atoms in total. The van der Waals surface area contributed by atoms with Crippen molar-refractivity contribution in [1.29, 1.82) is 0 Å². The van der Waals surface area contributed by atoms with E-state index in [9.17, 15) is 9.59 Å². The molecule has 0 aromatic carbocycles. The van der Waals surface area contributed by atoms with Crippen molar-refractivity contribution in [1.82, 2.24) is 24.4 Å². The van der Waals surface area contributed by atoms with E-state index in [0.717, 1.165) is 54.3 Å². The minimum atomic E-state index is -0.0960. The predicted octanol–water partition coefficient (Wildman–Crippen LogP) is 1.94. The molecule has 1 aliphatic carbocycles. The molecule has 9 heteroatoms. The van der Waals surface area contributed by atoms with Crippen molar-refractivity contribution in [2.24, 2.45) is 0 Å². The number of thioether (sulfide) groups is 1. The molecule has 0 N–H and O–H groups in total. The van der Waals surface area contributed by atoms with Crippen LogP contribution in [-0.4, -0.2) is 55.3 Å². The van der Waals surface area contributed by atoms with Crippen molar-refractivity contribution >= 4 is 17.7 Å². The zero-order valence-corrected chi connectivity index (χ0v) is 17.9. The van der Waals surface area contributed by atoms with Crippen LogP contribution in [0.1, 0.15) is 48.8 Å². The molecule has 3 aliphatic rings. The van der Waals surface area contributed by atoms with Gasteiger partial charge in [0.05, 0.1) is 11.7 Å². The lowest BCUT2D eigenvalue weighted by molar-refractivity contribution is -0.133. The Bertz CT molecular complexity index is 1030. The molecule has 158 valence electrons. The maximum atomic E-state index is 12.9. The number of piperidine rings is 1. The summed E-state index contributed by atoms with van der Waals surface area (Å²) in [6.45, 7) is 3.16. The van der Waals surface area contributed by atoms with Gasteiger partial charge in [0.15, 0.2) is 5.16 Å². The van der Waals surface area contributed by atoms with Crippen LogP contribution < -0.4 is 10.3 Å². The Hall–Kier alpha value is -2.42. The summed E-state index contributed by atoms with van der Waals surface area (Å²) in [5.41, 5.74) is 1.89. The number of aromatic nitrogens is 4. The maximum Gasteiger partial charge on any atom is 0.257 e. The second-order valence-electron chi connectivity index (χ2n) is 8.16. The lowest BCUT2D eigenvalue weighted by Crippen LogP contribution is -2.43. The molecule has 1 fully saturated rings. The van der Waals surface area contributed by atoms with Crippen LogP contribution in [0.25, 0.3) is 0 Å². The van der Waals surface area contributed by atoms with E-state index < -0.39 is 0 Å². The highest BCUT2D eigenvalue weighted by Gasteiger charge is 2.33. The molecule has 0 bridgehead atoms. The molecule has 2 aliphatic heterocycles. The van der Waals surface area contributed by atoms with E-state index in [1.165, 1.54) is 0 Å². The first-order chi connectivity index (χ1) is 14.6. The van der Waals surface area contributed by atoms with Gasteiger partial charge in [0.2, 0.25) is 11.8 Å². The third-order valence-electron chi connectivity index (χ3n) is 6.12. The van der Waals surface area contributed by atoms with Gasteiger partial charge in [-0.05, 0) is 26.2 Å². The van der Waals surface area contributed by atoms with E-state index in [1.54, 1.807) is 28.6 Å². The lowest BCUT2D eigenvalue weighted by Gasteiger charge is -2.32. The van der Waals surface area contributed by atoms with Crippen LogP contribution in [0.2, 0.25) is 0 Å². The Morgan fingerprint density at radius 2 is 2.10 bits per heavy atom. The SMILES string of the molecule is Cc1nccc(OC2CCN(C(=O)CC3CSc4nc5c(c(=O)n43)CCC5)CC2)n1. The molecule has 30 heavy (non-hydrogen) atoms. The van der Waals surface area contributed by atoms with Crippen LogP contribution in [-0.2, 0) is 17.6 Å². The number of hydrogen-bond acceptors (Lipinski definition) is 7. The Labute approximate surface area is 179 Å². The number of hydrogen-bond donors (Lipinski definition) is 0. The second kappa shape index (κ2) is 8.02. The number of likely N-dealkylation sites (tertiary alicyclic amines) is 1. The van der Waals surface area contributed by atoms with Gasteiger partial charge in [0, 0.05) is 55.9 Å². The van der Waals surface area contributed by atoms with Crippen molar-refractivity contribution in [3.05, 3.63) is 39.7 Å². The highest BCUT2D eigenvalue weighted by atomic mass is 32.2. The molecule has 0 radical (unpaired) electrons. The number of fused-ring (bicyclic) bond motifs is 2. The van der Waals surface area contributed by atoms with Crippen LogP contribution in [0.5, 0.6) is 5.88 Å². The van der Waals surface area contributed by atoms with Gasteiger partial charge in [-0.2, -0.15) is 4.98 Å². The molecule has 1 atom stereocenters. The van der Waals surface area contributed by atoms with E-state index in [4.69, 9.17) is 9.72 Å². The van der Waals surface area contributed by atoms with Gasteiger partial charge < -0.3 is 9.64 Å². The average Bonchev–Trinajstić information content (AvgIpc) is 3.36. The van der Waals surface area contributed by atoms with Crippen molar-refractivity contribution in [2.75, 3.05) is 18.8 Å². The molecular weight excluding hydrogens is 402 g/mol. The molecule has 0 saturated carbocycles. The maximum absolute atomic E-state index is 12.9. The zero-order valence-electron chi connectivity index (χ0n) is 17.0. The molecular formula is C21H25N5O3S. The first-order valence-corrected chi connectivity index (χ1v) is 11.6. The third-order valence-corrected chi connectivity index (χ3v) is 7.21. The Kier molecular flexibility index (Phi) is 5.22. The fraction of sp³-hybridized carbons (Fsp3) is 0.571. The van der Waals surface area contributed by atoms with Gasteiger partial charge in [-0.25, -0.2) is 9.97 Å². The first kappa shape index (κ1) is 19.5. The molecule has 1 saturated heterocycles. The van der Waals surface area contributed by atoms with Gasteiger partial charge in [-0.1, -0.05) is 11.8 Å². The Balaban J connectivity index is 1.20.